The first-order valence-corrected chi connectivity index (χ1v) is 11.7. The number of amides is 1. The molecule has 0 unspecified atom stereocenters. The summed E-state index contributed by atoms with van der Waals surface area (Å²) < 4.78 is 28.4. The first-order chi connectivity index (χ1) is 13.0. The van der Waals surface area contributed by atoms with E-state index in [1.165, 1.54) is 11.8 Å². The second kappa shape index (κ2) is 7.20. The fourth-order valence-electron chi connectivity index (χ4n) is 3.34. The molecular formula is C19H18N2O3S3. The van der Waals surface area contributed by atoms with Gasteiger partial charge in [0.1, 0.15) is 0 Å². The van der Waals surface area contributed by atoms with E-state index in [1.807, 2.05) is 29.0 Å². The molecular weight excluding hydrogens is 400 g/mol. The molecule has 4 rings (SSSR count). The zero-order valence-electron chi connectivity index (χ0n) is 14.6. The van der Waals surface area contributed by atoms with Crippen LogP contribution in [0.1, 0.15) is 28.3 Å². The van der Waals surface area contributed by atoms with Gasteiger partial charge in [0.25, 0.3) is 0 Å². The molecule has 5 nitrogen and oxygen atoms in total. The van der Waals surface area contributed by atoms with Crippen molar-refractivity contribution in [2.75, 3.05) is 11.9 Å². The highest BCUT2D eigenvalue weighted by Crippen LogP contribution is 2.42. The Labute approximate surface area is 166 Å². The lowest BCUT2D eigenvalue weighted by molar-refractivity contribution is -0.114. The summed E-state index contributed by atoms with van der Waals surface area (Å²) in [6.07, 6.45) is 0.720. The van der Waals surface area contributed by atoms with Crippen LogP contribution in [-0.4, -0.2) is 25.2 Å². The van der Waals surface area contributed by atoms with Crippen LogP contribution in [0.25, 0.3) is 0 Å². The third-order valence-electron chi connectivity index (χ3n) is 4.52. The molecule has 0 saturated heterocycles. The van der Waals surface area contributed by atoms with Gasteiger partial charge >= 0.3 is 0 Å². The highest BCUT2D eigenvalue weighted by Gasteiger charge is 2.38. The third-order valence-corrected chi connectivity index (χ3v) is 8.32. The molecule has 140 valence electrons. The standard InChI is InChI=1S/C19H18N2O3S3/c1-13(22)20-14-4-6-15(7-5-14)27(23,24)21-10-8-17-16(9-12-26-17)19(21)18-3-2-11-25-18/h2-7,9,11-12,19H,8,10H2,1H3,(H,20,22)/t19-/m1/s1. The van der Waals surface area contributed by atoms with Crippen molar-refractivity contribution < 1.29 is 13.2 Å². The van der Waals surface area contributed by atoms with Crippen LogP contribution in [0.2, 0.25) is 0 Å². The average Bonchev–Trinajstić information content (AvgIpc) is 3.32. The van der Waals surface area contributed by atoms with Crippen LogP contribution in [0, 0.1) is 0 Å². The molecule has 1 aliphatic heterocycles. The maximum Gasteiger partial charge on any atom is 0.243 e. The number of nitrogens with one attached hydrogen (secondary N) is 1. The lowest BCUT2D eigenvalue weighted by Crippen LogP contribution is -2.39. The minimum Gasteiger partial charge on any atom is -0.326 e. The Bertz CT molecular complexity index is 1050. The Morgan fingerprint density at radius 1 is 1.11 bits per heavy atom. The van der Waals surface area contributed by atoms with Gasteiger partial charge in [-0.15, -0.1) is 22.7 Å². The van der Waals surface area contributed by atoms with Crippen molar-refractivity contribution in [2.45, 2.75) is 24.3 Å². The Morgan fingerprint density at radius 2 is 1.89 bits per heavy atom. The lowest BCUT2D eigenvalue weighted by Gasteiger charge is -2.34. The van der Waals surface area contributed by atoms with E-state index in [2.05, 4.69) is 5.32 Å². The number of anilines is 1. The lowest BCUT2D eigenvalue weighted by atomic mass is 10.0. The van der Waals surface area contributed by atoms with Crippen LogP contribution in [0.5, 0.6) is 0 Å². The summed E-state index contributed by atoms with van der Waals surface area (Å²) in [6, 6.07) is 12.0. The molecule has 27 heavy (non-hydrogen) atoms. The van der Waals surface area contributed by atoms with E-state index in [0.717, 1.165) is 16.9 Å². The summed E-state index contributed by atoms with van der Waals surface area (Å²) in [5, 5.41) is 6.67. The number of carbonyl (C=O) groups excluding carboxylic acids is 1. The van der Waals surface area contributed by atoms with Gasteiger partial charge in [0.05, 0.1) is 10.9 Å². The fourth-order valence-corrected chi connectivity index (χ4v) is 6.76. The number of hydrogen-bond acceptors (Lipinski definition) is 5. The number of carbonyl (C=O) groups is 1. The molecule has 0 spiro atoms. The summed E-state index contributed by atoms with van der Waals surface area (Å²) in [6.45, 7) is 1.87. The predicted octanol–water partition coefficient (Wildman–Crippen LogP) is 4.10. The van der Waals surface area contributed by atoms with Crippen LogP contribution in [0.3, 0.4) is 0 Å². The molecule has 0 aliphatic carbocycles. The molecule has 1 aromatic carbocycles. The minimum atomic E-state index is -3.67. The van der Waals surface area contributed by atoms with Gasteiger partial charge in [0.15, 0.2) is 0 Å². The SMILES string of the molecule is CC(=O)Nc1ccc(S(=O)(=O)N2CCc3sccc3[C@@H]2c2cccs2)cc1. The van der Waals surface area contributed by atoms with Crippen LogP contribution in [0.15, 0.2) is 58.1 Å². The first kappa shape index (κ1) is 18.4. The monoisotopic (exact) mass is 418 g/mol. The normalized spacial score (nSPS) is 17.4. The summed E-state index contributed by atoms with van der Waals surface area (Å²) >= 11 is 3.26. The van der Waals surface area contributed by atoms with Crippen molar-refractivity contribution >= 4 is 44.3 Å². The second-order valence-corrected chi connectivity index (χ2v) is 10.2. The number of rotatable bonds is 4. The summed E-state index contributed by atoms with van der Waals surface area (Å²) in [5.41, 5.74) is 1.65. The Balaban J connectivity index is 1.73. The molecule has 3 heterocycles. The number of fused-ring (bicyclic) bond motifs is 1. The van der Waals surface area contributed by atoms with Gasteiger partial charge in [-0.1, -0.05) is 6.07 Å². The molecule has 3 aromatic rings. The number of thiophene rings is 2. The van der Waals surface area contributed by atoms with E-state index in [4.69, 9.17) is 0 Å². The van der Waals surface area contributed by atoms with Crippen molar-refractivity contribution in [2.24, 2.45) is 0 Å². The van der Waals surface area contributed by atoms with E-state index in [0.29, 0.717) is 12.2 Å². The predicted molar refractivity (Wildman–Crippen MR) is 109 cm³/mol. The topological polar surface area (TPSA) is 66.5 Å². The van der Waals surface area contributed by atoms with Crippen molar-refractivity contribution in [3.63, 3.8) is 0 Å². The zero-order valence-corrected chi connectivity index (χ0v) is 17.0. The van der Waals surface area contributed by atoms with E-state index >= 15 is 0 Å². The minimum absolute atomic E-state index is 0.190. The highest BCUT2D eigenvalue weighted by atomic mass is 32.2. The second-order valence-electron chi connectivity index (χ2n) is 6.29. The number of hydrogen-bond donors (Lipinski definition) is 1. The average molecular weight is 419 g/mol. The molecule has 0 saturated carbocycles. The van der Waals surface area contributed by atoms with Crippen molar-refractivity contribution in [3.05, 3.63) is 68.5 Å². The third kappa shape index (κ3) is 3.45. The molecule has 1 N–H and O–H groups in total. The Hall–Kier alpha value is -2.00. The van der Waals surface area contributed by atoms with Crippen LogP contribution < -0.4 is 5.32 Å². The van der Waals surface area contributed by atoms with Crippen LogP contribution in [-0.2, 0) is 21.2 Å². The highest BCUT2D eigenvalue weighted by molar-refractivity contribution is 7.89. The first-order valence-electron chi connectivity index (χ1n) is 8.46. The van der Waals surface area contributed by atoms with Gasteiger partial charge in [-0.25, -0.2) is 8.42 Å². The quantitative estimate of drug-likeness (QED) is 0.694. The Kier molecular flexibility index (Phi) is 4.90. The van der Waals surface area contributed by atoms with E-state index < -0.39 is 10.0 Å². The summed E-state index contributed by atoms with van der Waals surface area (Å²) in [5.74, 6) is -0.190. The van der Waals surface area contributed by atoms with E-state index in [9.17, 15) is 13.2 Å². The maximum atomic E-state index is 13.4. The zero-order chi connectivity index (χ0) is 19.0. The smallest absolute Gasteiger partial charge is 0.243 e. The van der Waals surface area contributed by atoms with E-state index in [1.54, 1.807) is 51.2 Å². The molecule has 0 fully saturated rings. The Morgan fingerprint density at radius 3 is 2.56 bits per heavy atom. The number of benzene rings is 1. The van der Waals surface area contributed by atoms with Crippen LogP contribution >= 0.6 is 22.7 Å². The van der Waals surface area contributed by atoms with Crippen molar-refractivity contribution in [1.29, 1.82) is 0 Å². The molecule has 8 heteroatoms. The van der Waals surface area contributed by atoms with Gasteiger partial charge in [0, 0.05) is 28.9 Å². The molecule has 1 aliphatic rings. The molecule has 2 aromatic heterocycles. The van der Waals surface area contributed by atoms with Gasteiger partial charge in [-0.3, -0.25) is 4.79 Å². The molecule has 1 amide bonds. The van der Waals surface area contributed by atoms with Gasteiger partial charge in [-0.2, -0.15) is 4.31 Å². The molecule has 1 atom stereocenters. The van der Waals surface area contributed by atoms with Crippen LogP contribution in [0.4, 0.5) is 5.69 Å². The van der Waals surface area contributed by atoms with Crippen molar-refractivity contribution in [3.8, 4) is 0 Å². The number of nitrogens with zero attached hydrogens (tertiary/aromatic N) is 1. The van der Waals surface area contributed by atoms with Gasteiger partial charge in [0.2, 0.25) is 15.9 Å². The maximum absolute atomic E-state index is 13.4. The molecule has 0 radical (unpaired) electrons. The summed E-state index contributed by atoms with van der Waals surface area (Å²) in [7, 11) is -3.67. The fraction of sp³-hybridized carbons (Fsp3) is 0.211. The van der Waals surface area contributed by atoms with Crippen molar-refractivity contribution in [1.82, 2.24) is 4.31 Å². The van der Waals surface area contributed by atoms with Gasteiger partial charge in [-0.05, 0) is 59.1 Å². The molecule has 0 bridgehead atoms. The van der Waals surface area contributed by atoms with E-state index in [-0.39, 0.29) is 16.8 Å². The largest absolute Gasteiger partial charge is 0.326 e. The number of sulfonamides is 1. The van der Waals surface area contributed by atoms with Gasteiger partial charge < -0.3 is 5.32 Å². The summed E-state index contributed by atoms with van der Waals surface area (Å²) in [4.78, 5) is 13.7.